The molecule has 3 aromatic carbocycles. The number of halogens is 2. The fourth-order valence-electron chi connectivity index (χ4n) is 8.49. The van der Waals surface area contributed by atoms with Crippen molar-refractivity contribution in [3.05, 3.63) is 93.7 Å². The lowest BCUT2D eigenvalue weighted by Gasteiger charge is -2.64. The average Bonchev–Trinajstić information content (AvgIpc) is 3.59. The molecule has 1 N–H and O–H groups in total. The van der Waals surface area contributed by atoms with E-state index in [4.69, 9.17) is 25.5 Å². The Kier molecular flexibility index (Phi) is 5.42. The standard InChI is InChI=1S/C33H30ClNO4.ClH/c34-24-7-3-1-5-21(24)18-37-33-16-23-22-6-2-4-8-26(22)38-29(23)31-32(33)13-14-35(17-19-9-10-19)27(33)15-20-11-12-25(36)30(39-31)28(20)32;/h1-8,11-12,19,27,31,36H,9-10,13-18H2;1H/t27-,31-,32-,33+;/m0./s1. The first-order valence-electron chi connectivity index (χ1n) is 14.2. The zero-order valence-electron chi connectivity index (χ0n) is 22.1. The van der Waals surface area contributed by atoms with Gasteiger partial charge in [0.15, 0.2) is 17.6 Å². The second kappa shape index (κ2) is 8.65. The molecule has 7 heteroatoms. The summed E-state index contributed by atoms with van der Waals surface area (Å²) in [5, 5.41) is 12.9. The van der Waals surface area contributed by atoms with Crippen molar-refractivity contribution in [2.24, 2.45) is 5.92 Å². The number of aromatic hydroxyl groups is 1. The maximum absolute atomic E-state index is 11.1. The molecule has 0 unspecified atom stereocenters. The van der Waals surface area contributed by atoms with Gasteiger partial charge in [0.2, 0.25) is 0 Å². The van der Waals surface area contributed by atoms with Crippen LogP contribution in [0.25, 0.3) is 11.0 Å². The molecule has 2 bridgehead atoms. The predicted molar refractivity (Wildman–Crippen MR) is 156 cm³/mol. The van der Waals surface area contributed by atoms with Crippen molar-refractivity contribution in [1.82, 2.24) is 4.90 Å². The first-order valence-corrected chi connectivity index (χ1v) is 14.6. The zero-order valence-corrected chi connectivity index (χ0v) is 23.6. The van der Waals surface area contributed by atoms with E-state index < -0.39 is 11.0 Å². The third-order valence-corrected chi connectivity index (χ3v) is 10.7. The Balaban J connectivity index is 0.00000245. The van der Waals surface area contributed by atoms with Crippen molar-refractivity contribution in [2.45, 2.75) is 61.9 Å². The molecule has 1 saturated heterocycles. The van der Waals surface area contributed by atoms with Gasteiger partial charge in [-0.05, 0) is 67.5 Å². The third kappa shape index (κ3) is 3.12. The largest absolute Gasteiger partial charge is 0.504 e. The van der Waals surface area contributed by atoms with Crippen molar-refractivity contribution in [2.75, 3.05) is 13.1 Å². The molecule has 4 aromatic rings. The molecule has 0 amide bonds. The van der Waals surface area contributed by atoms with Crippen molar-refractivity contribution < 1.29 is 19.0 Å². The van der Waals surface area contributed by atoms with Gasteiger partial charge >= 0.3 is 0 Å². The number of piperidine rings is 1. The number of ether oxygens (including phenoxy) is 2. The molecule has 2 aliphatic heterocycles. The molecule has 1 aromatic heterocycles. The van der Waals surface area contributed by atoms with Crippen LogP contribution in [0.4, 0.5) is 0 Å². The Hall–Kier alpha value is -2.70. The topological polar surface area (TPSA) is 55.1 Å². The summed E-state index contributed by atoms with van der Waals surface area (Å²) in [6, 6.07) is 20.4. The van der Waals surface area contributed by atoms with Crippen LogP contribution in [0.15, 0.2) is 65.1 Å². The number of para-hydroxylation sites is 1. The summed E-state index contributed by atoms with van der Waals surface area (Å²) in [6.07, 6.45) is 4.79. The van der Waals surface area contributed by atoms with Gasteiger partial charge in [-0.1, -0.05) is 54.1 Å². The molecule has 3 aliphatic carbocycles. The molecule has 1 spiro atoms. The molecule has 9 rings (SSSR count). The van der Waals surface area contributed by atoms with Gasteiger partial charge in [-0.2, -0.15) is 0 Å². The molecule has 0 radical (unpaired) electrons. The zero-order chi connectivity index (χ0) is 25.9. The van der Waals surface area contributed by atoms with E-state index in [1.807, 2.05) is 30.3 Å². The number of phenols is 1. The van der Waals surface area contributed by atoms with E-state index in [-0.39, 0.29) is 30.3 Å². The summed E-state index contributed by atoms with van der Waals surface area (Å²) in [6.45, 7) is 2.53. The third-order valence-electron chi connectivity index (χ3n) is 10.3. The molecule has 4 atom stereocenters. The van der Waals surface area contributed by atoms with Crippen molar-refractivity contribution >= 4 is 35.0 Å². The highest BCUT2D eigenvalue weighted by Gasteiger charge is 2.74. The Morgan fingerprint density at radius 3 is 2.73 bits per heavy atom. The first-order chi connectivity index (χ1) is 19.1. The van der Waals surface area contributed by atoms with Crippen molar-refractivity contribution in [3.63, 3.8) is 0 Å². The number of furan rings is 1. The van der Waals surface area contributed by atoms with Gasteiger partial charge in [-0.25, -0.2) is 0 Å². The Morgan fingerprint density at radius 1 is 1.05 bits per heavy atom. The smallest absolute Gasteiger partial charge is 0.169 e. The van der Waals surface area contributed by atoms with E-state index in [0.717, 1.165) is 71.1 Å². The molecule has 5 aliphatic rings. The van der Waals surface area contributed by atoms with Gasteiger partial charge in [0.25, 0.3) is 0 Å². The fraction of sp³-hybridized carbons (Fsp3) is 0.394. The van der Waals surface area contributed by atoms with Crippen LogP contribution in [0.1, 0.15) is 53.4 Å². The number of hydrogen-bond donors (Lipinski definition) is 1. The summed E-state index contributed by atoms with van der Waals surface area (Å²) in [5.74, 6) is 2.49. The van der Waals surface area contributed by atoms with Crippen molar-refractivity contribution in [1.29, 1.82) is 0 Å². The maximum atomic E-state index is 11.1. The second-order valence-corrected chi connectivity index (χ2v) is 12.6. The minimum Gasteiger partial charge on any atom is -0.504 e. The minimum atomic E-state index is -0.560. The molecule has 2 fully saturated rings. The van der Waals surface area contributed by atoms with E-state index in [2.05, 4.69) is 29.2 Å². The van der Waals surface area contributed by atoms with E-state index in [0.29, 0.717) is 12.4 Å². The average molecular weight is 577 g/mol. The fourth-order valence-corrected chi connectivity index (χ4v) is 8.68. The highest BCUT2D eigenvalue weighted by Crippen LogP contribution is 2.70. The summed E-state index contributed by atoms with van der Waals surface area (Å²) < 4.78 is 20.8. The SMILES string of the molecule is Cl.Oc1ccc2c3c1O[C@H]1c4oc5ccccc5c4C[C@@]4(OCc5ccccc5Cl)[C@H](C2)N(CC2CC2)CC[C@]314. The Morgan fingerprint density at radius 2 is 1.88 bits per heavy atom. The monoisotopic (exact) mass is 575 g/mol. The van der Waals surface area contributed by atoms with E-state index in [9.17, 15) is 5.11 Å². The van der Waals surface area contributed by atoms with Crippen LogP contribution >= 0.6 is 24.0 Å². The second-order valence-electron chi connectivity index (χ2n) is 12.2. The van der Waals surface area contributed by atoms with Crippen LogP contribution in [0, 0.1) is 5.92 Å². The Bertz CT molecular complexity index is 1660. The van der Waals surface area contributed by atoms with Crippen LogP contribution in [-0.4, -0.2) is 34.7 Å². The number of likely N-dealkylation sites (tertiary alicyclic amines) is 1. The lowest BCUT2D eigenvalue weighted by Crippen LogP contribution is -2.75. The number of hydrogen-bond acceptors (Lipinski definition) is 5. The number of fused-ring (bicyclic) bond motifs is 4. The van der Waals surface area contributed by atoms with E-state index >= 15 is 0 Å². The quantitative estimate of drug-likeness (QED) is 0.274. The van der Waals surface area contributed by atoms with Crippen LogP contribution < -0.4 is 4.74 Å². The normalized spacial score (nSPS) is 29.4. The van der Waals surface area contributed by atoms with Gasteiger partial charge < -0.3 is 19.0 Å². The highest BCUT2D eigenvalue weighted by molar-refractivity contribution is 6.31. The summed E-state index contributed by atoms with van der Waals surface area (Å²) in [4.78, 5) is 2.72. The summed E-state index contributed by atoms with van der Waals surface area (Å²) in [7, 11) is 0. The predicted octanol–water partition coefficient (Wildman–Crippen LogP) is 7.14. The summed E-state index contributed by atoms with van der Waals surface area (Å²) >= 11 is 6.66. The van der Waals surface area contributed by atoms with Gasteiger partial charge in [-0.3, -0.25) is 4.90 Å². The van der Waals surface area contributed by atoms with Crippen LogP contribution in [0.3, 0.4) is 0 Å². The molecular formula is C33H31Cl2NO4. The van der Waals surface area contributed by atoms with Gasteiger partial charge in [0.05, 0.1) is 12.0 Å². The Labute approximate surface area is 244 Å². The van der Waals surface area contributed by atoms with Crippen molar-refractivity contribution in [3.8, 4) is 11.5 Å². The molecule has 1 saturated carbocycles. The lowest BCUT2D eigenvalue weighted by molar-refractivity contribution is -0.212. The first kappa shape index (κ1) is 25.0. The van der Waals surface area contributed by atoms with Crippen LogP contribution in [-0.2, 0) is 29.6 Å². The minimum absolute atomic E-state index is 0. The maximum Gasteiger partial charge on any atom is 0.169 e. The molecule has 3 heterocycles. The molecule has 5 nitrogen and oxygen atoms in total. The van der Waals surface area contributed by atoms with Gasteiger partial charge in [-0.15, -0.1) is 12.4 Å². The molecule has 206 valence electrons. The highest BCUT2D eigenvalue weighted by atomic mass is 35.5. The number of rotatable bonds is 5. The molecule has 40 heavy (non-hydrogen) atoms. The number of nitrogens with zero attached hydrogens (tertiary/aromatic N) is 1. The van der Waals surface area contributed by atoms with Gasteiger partial charge in [0.1, 0.15) is 16.9 Å². The number of benzene rings is 3. The molecular weight excluding hydrogens is 545 g/mol. The van der Waals surface area contributed by atoms with E-state index in [1.165, 1.54) is 24.0 Å². The number of phenolic OH excluding ortho intramolecular Hbond substituents is 1. The van der Waals surface area contributed by atoms with Crippen LogP contribution in [0.2, 0.25) is 5.02 Å². The lowest BCUT2D eigenvalue weighted by atomic mass is 9.49. The summed E-state index contributed by atoms with van der Waals surface area (Å²) in [5.41, 5.74) is 4.45. The van der Waals surface area contributed by atoms with Crippen LogP contribution in [0.5, 0.6) is 11.5 Å². The van der Waals surface area contributed by atoms with E-state index in [1.54, 1.807) is 6.07 Å². The van der Waals surface area contributed by atoms with Gasteiger partial charge in [0, 0.05) is 40.5 Å².